The summed E-state index contributed by atoms with van der Waals surface area (Å²) in [5.74, 6) is -0.148. The lowest BCUT2D eigenvalue weighted by atomic mass is 10.0. The lowest BCUT2D eigenvalue weighted by Crippen LogP contribution is -2.05. The van der Waals surface area contributed by atoms with Gasteiger partial charge in [0.05, 0.1) is 5.69 Å². The Bertz CT molecular complexity index is 1060. The number of nitriles is 2. The summed E-state index contributed by atoms with van der Waals surface area (Å²) in [6.45, 7) is 1.45. The van der Waals surface area contributed by atoms with Crippen molar-refractivity contribution < 1.29 is 4.79 Å². The molecule has 0 spiro atoms. The molecule has 25 heavy (non-hydrogen) atoms. The van der Waals surface area contributed by atoms with Crippen molar-refractivity contribution in [2.45, 2.75) is 6.92 Å². The smallest absolute Gasteiger partial charge is 0.221 e. The van der Waals surface area contributed by atoms with Crippen molar-refractivity contribution in [1.29, 1.82) is 10.5 Å². The topological polar surface area (TPSA) is 92.5 Å². The zero-order valence-corrected chi connectivity index (χ0v) is 13.5. The van der Waals surface area contributed by atoms with E-state index in [1.54, 1.807) is 12.1 Å². The van der Waals surface area contributed by atoms with Gasteiger partial charge < -0.3 is 10.3 Å². The highest BCUT2D eigenvalue weighted by molar-refractivity contribution is 5.98. The molecule has 0 aliphatic carbocycles. The zero-order valence-electron chi connectivity index (χ0n) is 13.5. The number of hydrogen-bond acceptors (Lipinski definition) is 3. The number of aromatic amines is 1. The van der Waals surface area contributed by atoms with Crippen molar-refractivity contribution in [3.63, 3.8) is 0 Å². The maximum atomic E-state index is 11.3. The molecule has 5 nitrogen and oxygen atoms in total. The molecule has 2 aromatic carbocycles. The standard InChI is InChI=1S/C20H14N4O/c1-13(25)23-16-6-4-5-15(10-16)20-18(9-14(11-21)12-22)17-7-2-3-8-19(17)24-20/h2-10,24H,1H3,(H,23,25). The quantitative estimate of drug-likeness (QED) is 0.706. The molecule has 1 amide bonds. The number of para-hydroxylation sites is 1. The van der Waals surface area contributed by atoms with Crippen LogP contribution in [0.3, 0.4) is 0 Å². The third-order valence-corrected chi connectivity index (χ3v) is 3.75. The summed E-state index contributed by atoms with van der Waals surface area (Å²) < 4.78 is 0. The number of carbonyl (C=O) groups is 1. The maximum Gasteiger partial charge on any atom is 0.221 e. The molecule has 0 fully saturated rings. The number of anilines is 1. The van der Waals surface area contributed by atoms with Crippen molar-refractivity contribution in [3.8, 4) is 23.4 Å². The Morgan fingerprint density at radius 1 is 1.12 bits per heavy atom. The minimum Gasteiger partial charge on any atom is -0.354 e. The molecule has 0 unspecified atom stereocenters. The molecule has 0 saturated heterocycles. The third-order valence-electron chi connectivity index (χ3n) is 3.75. The van der Waals surface area contributed by atoms with E-state index < -0.39 is 0 Å². The number of aromatic nitrogens is 1. The van der Waals surface area contributed by atoms with E-state index in [-0.39, 0.29) is 11.5 Å². The van der Waals surface area contributed by atoms with Crippen LogP contribution < -0.4 is 5.32 Å². The number of hydrogen-bond donors (Lipinski definition) is 2. The number of allylic oxidation sites excluding steroid dienone is 1. The van der Waals surface area contributed by atoms with Gasteiger partial charge in [0.15, 0.2) is 0 Å². The first kappa shape index (κ1) is 16.0. The Balaban J connectivity index is 2.23. The SMILES string of the molecule is CC(=O)Nc1cccc(-c2[nH]c3ccccc3c2C=C(C#N)C#N)c1. The van der Waals surface area contributed by atoms with Crippen LogP contribution in [0.1, 0.15) is 12.5 Å². The van der Waals surface area contributed by atoms with Gasteiger partial charge in [-0.25, -0.2) is 0 Å². The molecular weight excluding hydrogens is 312 g/mol. The summed E-state index contributed by atoms with van der Waals surface area (Å²) in [5, 5.41) is 21.9. The van der Waals surface area contributed by atoms with Crippen LogP contribution >= 0.6 is 0 Å². The normalized spacial score (nSPS) is 9.88. The fourth-order valence-electron chi connectivity index (χ4n) is 2.73. The fourth-order valence-corrected chi connectivity index (χ4v) is 2.73. The van der Waals surface area contributed by atoms with Gasteiger partial charge in [0.25, 0.3) is 0 Å². The number of benzene rings is 2. The highest BCUT2D eigenvalue weighted by Gasteiger charge is 2.13. The van der Waals surface area contributed by atoms with Gasteiger partial charge in [-0.05, 0) is 24.3 Å². The second-order valence-corrected chi connectivity index (χ2v) is 5.50. The Kier molecular flexibility index (Phi) is 4.32. The van der Waals surface area contributed by atoms with Gasteiger partial charge in [0, 0.05) is 34.6 Å². The number of amides is 1. The number of rotatable bonds is 3. The van der Waals surface area contributed by atoms with Crippen LogP contribution in [-0.4, -0.2) is 10.9 Å². The van der Waals surface area contributed by atoms with Crippen LogP contribution in [-0.2, 0) is 4.79 Å². The van der Waals surface area contributed by atoms with Crippen LogP contribution in [0.4, 0.5) is 5.69 Å². The highest BCUT2D eigenvalue weighted by Crippen LogP contribution is 2.33. The van der Waals surface area contributed by atoms with Gasteiger partial charge in [-0.15, -0.1) is 0 Å². The first-order valence-corrected chi connectivity index (χ1v) is 7.63. The van der Waals surface area contributed by atoms with E-state index in [1.807, 2.05) is 54.6 Å². The van der Waals surface area contributed by atoms with Crippen molar-refractivity contribution >= 4 is 28.6 Å². The summed E-state index contributed by atoms with van der Waals surface area (Å²) in [7, 11) is 0. The minimum atomic E-state index is -0.148. The molecule has 0 atom stereocenters. The lowest BCUT2D eigenvalue weighted by molar-refractivity contribution is -0.114. The van der Waals surface area contributed by atoms with E-state index >= 15 is 0 Å². The molecule has 2 N–H and O–H groups in total. The van der Waals surface area contributed by atoms with Gasteiger partial charge in [-0.1, -0.05) is 30.3 Å². The van der Waals surface area contributed by atoms with Crippen LogP contribution in [0, 0.1) is 22.7 Å². The van der Waals surface area contributed by atoms with E-state index in [0.29, 0.717) is 5.69 Å². The highest BCUT2D eigenvalue weighted by atomic mass is 16.1. The second kappa shape index (κ2) is 6.74. The molecular formula is C20H14N4O. The number of fused-ring (bicyclic) bond motifs is 1. The van der Waals surface area contributed by atoms with Gasteiger partial charge in [0.1, 0.15) is 17.7 Å². The minimum absolute atomic E-state index is 0.0315. The van der Waals surface area contributed by atoms with E-state index in [4.69, 9.17) is 10.5 Å². The fraction of sp³-hybridized carbons (Fsp3) is 0.0500. The van der Waals surface area contributed by atoms with E-state index in [9.17, 15) is 4.79 Å². The molecule has 3 rings (SSSR count). The van der Waals surface area contributed by atoms with E-state index in [1.165, 1.54) is 6.92 Å². The number of carbonyl (C=O) groups excluding carboxylic acids is 1. The molecule has 120 valence electrons. The summed E-state index contributed by atoms with van der Waals surface area (Å²) in [4.78, 5) is 14.6. The number of H-pyrrole nitrogens is 1. The Labute approximate surface area is 144 Å². The van der Waals surface area contributed by atoms with Crippen LogP contribution in [0.2, 0.25) is 0 Å². The van der Waals surface area contributed by atoms with Gasteiger partial charge in [-0.3, -0.25) is 4.79 Å². The van der Waals surface area contributed by atoms with E-state index in [0.717, 1.165) is 27.7 Å². The Morgan fingerprint density at radius 3 is 2.60 bits per heavy atom. The monoisotopic (exact) mass is 326 g/mol. The predicted octanol–water partition coefficient (Wildman–Crippen LogP) is 4.22. The molecule has 3 aromatic rings. The zero-order chi connectivity index (χ0) is 17.8. The van der Waals surface area contributed by atoms with Crippen molar-refractivity contribution in [2.24, 2.45) is 0 Å². The van der Waals surface area contributed by atoms with Gasteiger partial charge in [-0.2, -0.15) is 10.5 Å². The van der Waals surface area contributed by atoms with Crippen LogP contribution in [0.5, 0.6) is 0 Å². The molecule has 0 radical (unpaired) electrons. The molecule has 0 bridgehead atoms. The lowest BCUT2D eigenvalue weighted by Gasteiger charge is -2.06. The molecule has 0 aliphatic heterocycles. The van der Waals surface area contributed by atoms with Crippen LogP contribution in [0.25, 0.3) is 28.2 Å². The van der Waals surface area contributed by atoms with Crippen molar-refractivity contribution in [1.82, 2.24) is 4.98 Å². The predicted molar refractivity (Wildman–Crippen MR) is 97.2 cm³/mol. The maximum absolute atomic E-state index is 11.3. The van der Waals surface area contributed by atoms with Gasteiger partial charge >= 0.3 is 0 Å². The molecule has 0 aliphatic rings. The van der Waals surface area contributed by atoms with E-state index in [2.05, 4.69) is 10.3 Å². The largest absolute Gasteiger partial charge is 0.354 e. The third kappa shape index (κ3) is 3.26. The molecule has 1 aromatic heterocycles. The number of nitrogens with zero attached hydrogens (tertiary/aromatic N) is 2. The first-order chi connectivity index (χ1) is 12.1. The average Bonchev–Trinajstić information content (AvgIpc) is 2.98. The van der Waals surface area contributed by atoms with Crippen molar-refractivity contribution in [2.75, 3.05) is 5.32 Å². The average molecular weight is 326 g/mol. The molecule has 1 heterocycles. The summed E-state index contributed by atoms with van der Waals surface area (Å²) in [6.07, 6.45) is 1.58. The molecule has 5 heteroatoms. The summed E-state index contributed by atoms with van der Waals surface area (Å²) >= 11 is 0. The number of nitrogens with one attached hydrogen (secondary N) is 2. The first-order valence-electron chi connectivity index (χ1n) is 7.63. The Hall–Kier alpha value is -3.83. The van der Waals surface area contributed by atoms with Crippen LogP contribution in [0.15, 0.2) is 54.1 Å². The van der Waals surface area contributed by atoms with Crippen molar-refractivity contribution in [3.05, 3.63) is 59.7 Å². The summed E-state index contributed by atoms with van der Waals surface area (Å²) in [6, 6.07) is 18.9. The summed E-state index contributed by atoms with van der Waals surface area (Å²) in [5.41, 5.74) is 4.03. The Morgan fingerprint density at radius 2 is 1.88 bits per heavy atom. The second-order valence-electron chi connectivity index (χ2n) is 5.50. The molecule has 0 saturated carbocycles. The van der Waals surface area contributed by atoms with Gasteiger partial charge in [0.2, 0.25) is 5.91 Å².